The molecule has 2 aromatic rings. The standard InChI is InChI=1S/C28H30N2O5/c31-26(30-15-13-18(14-16-30)27(32)33)23-11-5-6-12-25(23)29-28(34)35-17-24-21-9-3-1-7-19(21)20-8-2-4-10-22(20)24/h1-4,7-10,13,23-25H,5-6,11-12,14-17H2,(H,29,34)(H,32,33)/t23-,25+/m0/s1. The molecule has 3 aliphatic rings. The van der Waals surface area contributed by atoms with Crippen molar-refractivity contribution in [1.29, 1.82) is 0 Å². The van der Waals surface area contributed by atoms with Crippen LogP contribution >= 0.6 is 0 Å². The molecule has 35 heavy (non-hydrogen) atoms. The summed E-state index contributed by atoms with van der Waals surface area (Å²) in [5, 5.41) is 12.1. The topological polar surface area (TPSA) is 95.9 Å². The van der Waals surface area contributed by atoms with E-state index < -0.39 is 12.1 Å². The maximum atomic E-state index is 13.2. The third-order valence-corrected chi connectivity index (χ3v) is 7.53. The number of fused-ring (bicyclic) bond motifs is 3. The lowest BCUT2D eigenvalue weighted by Gasteiger charge is -2.35. The van der Waals surface area contributed by atoms with Crippen molar-refractivity contribution in [2.75, 3.05) is 19.7 Å². The maximum Gasteiger partial charge on any atom is 0.407 e. The van der Waals surface area contributed by atoms with Crippen LogP contribution in [0.2, 0.25) is 0 Å². The summed E-state index contributed by atoms with van der Waals surface area (Å²) in [6, 6.07) is 16.1. The number of aliphatic carboxylic acids is 1. The van der Waals surface area contributed by atoms with Gasteiger partial charge < -0.3 is 20.1 Å². The normalized spacial score (nSPS) is 21.5. The molecule has 5 rings (SSSR count). The second kappa shape index (κ2) is 9.94. The third-order valence-electron chi connectivity index (χ3n) is 7.53. The smallest absolute Gasteiger partial charge is 0.407 e. The van der Waals surface area contributed by atoms with Crippen LogP contribution in [0, 0.1) is 5.92 Å². The van der Waals surface area contributed by atoms with Crippen LogP contribution in [0.4, 0.5) is 4.79 Å². The van der Waals surface area contributed by atoms with Crippen LogP contribution < -0.4 is 5.32 Å². The number of carboxylic acid groups (broad SMARTS) is 1. The Morgan fingerprint density at radius 3 is 2.26 bits per heavy atom. The van der Waals surface area contributed by atoms with Gasteiger partial charge >= 0.3 is 12.1 Å². The van der Waals surface area contributed by atoms with Crippen LogP contribution in [0.3, 0.4) is 0 Å². The molecule has 2 amide bonds. The zero-order valence-electron chi connectivity index (χ0n) is 19.6. The van der Waals surface area contributed by atoms with Crippen molar-refractivity contribution >= 4 is 18.0 Å². The number of hydrogen-bond donors (Lipinski definition) is 2. The summed E-state index contributed by atoms with van der Waals surface area (Å²) in [4.78, 5) is 38.9. The Bertz CT molecular complexity index is 1130. The molecule has 0 spiro atoms. The summed E-state index contributed by atoms with van der Waals surface area (Å²) < 4.78 is 5.71. The van der Waals surface area contributed by atoms with E-state index in [1.165, 1.54) is 11.1 Å². The molecule has 1 aliphatic heterocycles. The van der Waals surface area contributed by atoms with Gasteiger partial charge in [0, 0.05) is 30.6 Å². The summed E-state index contributed by atoms with van der Waals surface area (Å²) >= 11 is 0. The average Bonchev–Trinajstić information content (AvgIpc) is 3.21. The molecule has 1 saturated carbocycles. The molecule has 2 aromatic carbocycles. The lowest BCUT2D eigenvalue weighted by molar-refractivity contribution is -0.138. The molecule has 2 aliphatic carbocycles. The molecule has 182 valence electrons. The molecule has 0 aromatic heterocycles. The van der Waals surface area contributed by atoms with Gasteiger partial charge in [0.2, 0.25) is 5.91 Å². The van der Waals surface area contributed by atoms with Gasteiger partial charge in [-0.1, -0.05) is 67.4 Å². The summed E-state index contributed by atoms with van der Waals surface area (Å²) in [7, 11) is 0. The van der Waals surface area contributed by atoms with E-state index >= 15 is 0 Å². The average molecular weight is 475 g/mol. The number of alkyl carbamates (subject to hydrolysis) is 1. The number of benzene rings is 2. The highest BCUT2D eigenvalue weighted by molar-refractivity contribution is 5.88. The highest BCUT2D eigenvalue weighted by Crippen LogP contribution is 2.44. The molecule has 0 bridgehead atoms. The zero-order valence-corrected chi connectivity index (χ0v) is 19.6. The van der Waals surface area contributed by atoms with Crippen molar-refractivity contribution in [2.45, 2.75) is 44.1 Å². The summed E-state index contributed by atoms with van der Waals surface area (Å²) in [6.45, 7) is 0.930. The molecule has 1 heterocycles. The monoisotopic (exact) mass is 474 g/mol. The summed E-state index contributed by atoms with van der Waals surface area (Å²) in [5.41, 5.74) is 5.02. The first-order valence-corrected chi connectivity index (χ1v) is 12.4. The maximum absolute atomic E-state index is 13.2. The van der Waals surface area contributed by atoms with Crippen molar-refractivity contribution in [3.8, 4) is 11.1 Å². The fourth-order valence-electron chi connectivity index (χ4n) is 5.69. The third kappa shape index (κ3) is 4.67. The Morgan fingerprint density at radius 1 is 0.971 bits per heavy atom. The van der Waals surface area contributed by atoms with Crippen molar-refractivity contribution in [3.05, 3.63) is 71.3 Å². The van der Waals surface area contributed by atoms with Crippen LogP contribution in [0.1, 0.15) is 49.1 Å². The first-order chi connectivity index (χ1) is 17.0. The number of hydrogen-bond acceptors (Lipinski definition) is 4. The number of carbonyl (C=O) groups is 3. The Kier molecular flexibility index (Phi) is 6.57. The second-order valence-corrected chi connectivity index (χ2v) is 9.54. The number of ether oxygens (including phenoxy) is 1. The fourth-order valence-corrected chi connectivity index (χ4v) is 5.69. The van der Waals surface area contributed by atoms with Gasteiger partial charge in [-0.05, 0) is 41.5 Å². The molecule has 1 fully saturated rings. The number of amides is 2. The van der Waals surface area contributed by atoms with Crippen LogP contribution in [0.25, 0.3) is 11.1 Å². The predicted octanol–water partition coefficient (Wildman–Crippen LogP) is 4.33. The van der Waals surface area contributed by atoms with Gasteiger partial charge in [0.15, 0.2) is 0 Å². The molecule has 0 saturated heterocycles. The van der Waals surface area contributed by atoms with E-state index in [1.54, 1.807) is 11.0 Å². The summed E-state index contributed by atoms with van der Waals surface area (Å²) in [5.74, 6) is -1.27. The molecule has 2 atom stereocenters. The number of rotatable bonds is 5. The second-order valence-electron chi connectivity index (χ2n) is 9.54. The predicted molar refractivity (Wildman–Crippen MR) is 131 cm³/mol. The largest absolute Gasteiger partial charge is 0.478 e. The van der Waals surface area contributed by atoms with Crippen molar-refractivity contribution in [3.63, 3.8) is 0 Å². The minimum absolute atomic E-state index is 0.0134. The molecule has 7 nitrogen and oxygen atoms in total. The van der Waals surface area contributed by atoms with Gasteiger partial charge in [-0.15, -0.1) is 0 Å². The Hall–Kier alpha value is -3.61. The quantitative estimate of drug-likeness (QED) is 0.673. The van der Waals surface area contributed by atoms with E-state index in [0.717, 1.165) is 30.4 Å². The lowest BCUT2D eigenvalue weighted by Crippen LogP contribution is -2.50. The molecule has 2 N–H and O–H groups in total. The highest BCUT2D eigenvalue weighted by atomic mass is 16.5. The van der Waals surface area contributed by atoms with Gasteiger partial charge in [0.05, 0.1) is 5.92 Å². The van der Waals surface area contributed by atoms with Crippen LogP contribution in [-0.4, -0.2) is 53.7 Å². The van der Waals surface area contributed by atoms with Crippen LogP contribution in [0.5, 0.6) is 0 Å². The van der Waals surface area contributed by atoms with E-state index in [9.17, 15) is 14.4 Å². The van der Waals surface area contributed by atoms with Gasteiger partial charge in [0.25, 0.3) is 0 Å². The first-order valence-electron chi connectivity index (χ1n) is 12.4. The van der Waals surface area contributed by atoms with Gasteiger partial charge in [-0.2, -0.15) is 0 Å². The van der Waals surface area contributed by atoms with Crippen molar-refractivity contribution in [1.82, 2.24) is 10.2 Å². The molecular formula is C28H30N2O5. The minimum Gasteiger partial charge on any atom is -0.478 e. The van der Waals surface area contributed by atoms with E-state index in [0.29, 0.717) is 31.5 Å². The number of nitrogens with zero attached hydrogens (tertiary/aromatic N) is 1. The Morgan fingerprint density at radius 2 is 1.63 bits per heavy atom. The van der Waals surface area contributed by atoms with Crippen LogP contribution in [-0.2, 0) is 14.3 Å². The Balaban J connectivity index is 1.22. The van der Waals surface area contributed by atoms with E-state index in [-0.39, 0.29) is 30.4 Å². The van der Waals surface area contributed by atoms with Gasteiger partial charge in [0.1, 0.15) is 6.61 Å². The zero-order chi connectivity index (χ0) is 24.4. The number of nitrogens with one attached hydrogen (secondary N) is 1. The van der Waals surface area contributed by atoms with Gasteiger partial charge in [-0.25, -0.2) is 9.59 Å². The van der Waals surface area contributed by atoms with E-state index in [4.69, 9.17) is 9.84 Å². The van der Waals surface area contributed by atoms with E-state index in [2.05, 4.69) is 29.6 Å². The number of carboxylic acids is 1. The molecule has 7 heteroatoms. The molecular weight excluding hydrogens is 444 g/mol. The first kappa shape index (κ1) is 23.1. The Labute approximate surface area is 204 Å². The highest BCUT2D eigenvalue weighted by Gasteiger charge is 2.36. The van der Waals surface area contributed by atoms with E-state index in [1.807, 2.05) is 24.3 Å². The lowest BCUT2D eigenvalue weighted by atomic mass is 9.83. The van der Waals surface area contributed by atoms with Crippen molar-refractivity contribution in [2.24, 2.45) is 5.92 Å². The minimum atomic E-state index is -0.926. The van der Waals surface area contributed by atoms with Gasteiger partial charge in [-0.3, -0.25) is 4.79 Å². The van der Waals surface area contributed by atoms with Crippen LogP contribution in [0.15, 0.2) is 60.2 Å². The number of carbonyl (C=O) groups excluding carboxylic acids is 2. The SMILES string of the molecule is O=C(N[C@@H]1CCCC[C@@H]1C(=O)N1CC=C(C(=O)O)CC1)OCC1c2ccccc2-c2ccccc21. The van der Waals surface area contributed by atoms with Crippen molar-refractivity contribution < 1.29 is 24.2 Å². The fraction of sp³-hybridized carbons (Fsp3) is 0.393. The molecule has 0 unspecified atom stereocenters. The molecule has 0 radical (unpaired) electrons. The summed E-state index contributed by atoms with van der Waals surface area (Å²) in [6.07, 6.45) is 4.77.